The molecule has 152 valence electrons. The number of carbonyl (C=O) groups excluding carboxylic acids is 3. The monoisotopic (exact) mass is 438 g/mol. The number of carbonyl (C=O) groups is 3. The second-order valence-corrected chi connectivity index (χ2v) is 8.02. The lowest BCUT2D eigenvalue weighted by molar-refractivity contribution is -0.122. The van der Waals surface area contributed by atoms with Crippen LogP contribution in [0.15, 0.2) is 58.5 Å². The molecule has 9 heteroatoms. The smallest absolute Gasteiger partial charge is 0.286 e. The van der Waals surface area contributed by atoms with Crippen LogP contribution in [0.4, 0.5) is 11.4 Å². The van der Waals surface area contributed by atoms with E-state index in [-0.39, 0.29) is 17.7 Å². The van der Waals surface area contributed by atoms with E-state index in [9.17, 15) is 14.4 Å². The molecular formula is C21H18N4O3S2. The van der Waals surface area contributed by atoms with Gasteiger partial charge in [-0.15, -0.1) is 0 Å². The molecule has 2 aromatic rings. The summed E-state index contributed by atoms with van der Waals surface area (Å²) in [4.78, 5) is 35.3. The van der Waals surface area contributed by atoms with Crippen LogP contribution in [0.2, 0.25) is 0 Å². The predicted molar refractivity (Wildman–Crippen MR) is 124 cm³/mol. The lowest BCUT2D eigenvalue weighted by Gasteiger charge is -2.06. The Balaban J connectivity index is 1.69. The molecule has 0 aliphatic carbocycles. The third kappa shape index (κ3) is 5.62. The standard InChI is InChI=1S/C21H18N4O3S2/c1-13(26)23-17-7-3-15(4-8-17)11-19-20(28)25(21(29)30-19)22-12-16-5-9-18(10-6-16)24-14(2)27/h3-12H,1-2H3,(H,23,26)(H,24,27). The first-order valence-corrected chi connectivity index (χ1v) is 10.1. The molecule has 3 rings (SSSR count). The summed E-state index contributed by atoms with van der Waals surface area (Å²) in [5.74, 6) is -0.598. The van der Waals surface area contributed by atoms with Gasteiger partial charge in [0, 0.05) is 25.2 Å². The number of nitrogens with zero attached hydrogens (tertiary/aromatic N) is 2. The number of hydrogen-bond acceptors (Lipinski definition) is 6. The molecule has 1 heterocycles. The van der Waals surface area contributed by atoms with E-state index >= 15 is 0 Å². The van der Waals surface area contributed by atoms with Crippen molar-refractivity contribution < 1.29 is 14.4 Å². The molecule has 3 amide bonds. The fourth-order valence-electron chi connectivity index (χ4n) is 2.56. The molecule has 7 nitrogen and oxygen atoms in total. The van der Waals surface area contributed by atoms with Gasteiger partial charge in [-0.05, 0) is 53.7 Å². The first kappa shape index (κ1) is 21.4. The zero-order valence-corrected chi connectivity index (χ0v) is 17.8. The van der Waals surface area contributed by atoms with Crippen molar-refractivity contribution in [3.05, 3.63) is 64.6 Å². The molecule has 1 fully saturated rings. The van der Waals surface area contributed by atoms with Crippen molar-refractivity contribution in [2.24, 2.45) is 5.10 Å². The van der Waals surface area contributed by atoms with Crippen LogP contribution in [0.25, 0.3) is 6.08 Å². The Hall–Kier alpha value is -3.30. The third-order valence-corrected chi connectivity index (χ3v) is 5.14. The number of hydrazone groups is 1. The zero-order chi connectivity index (χ0) is 21.7. The Kier molecular flexibility index (Phi) is 6.76. The number of rotatable bonds is 5. The van der Waals surface area contributed by atoms with Gasteiger partial charge in [-0.1, -0.05) is 36.0 Å². The van der Waals surface area contributed by atoms with Crippen LogP contribution >= 0.6 is 24.0 Å². The Bertz CT molecular complexity index is 1060. The molecule has 2 aromatic carbocycles. The number of hydrogen-bond donors (Lipinski definition) is 2. The molecule has 1 aliphatic heterocycles. The van der Waals surface area contributed by atoms with E-state index in [1.54, 1.807) is 54.6 Å². The van der Waals surface area contributed by atoms with E-state index in [1.807, 2.05) is 0 Å². The summed E-state index contributed by atoms with van der Waals surface area (Å²) in [6.07, 6.45) is 3.27. The quantitative estimate of drug-likeness (QED) is 0.421. The Labute approximate surface area is 183 Å². The van der Waals surface area contributed by atoms with Crippen LogP contribution in [-0.2, 0) is 14.4 Å². The highest BCUT2D eigenvalue weighted by atomic mass is 32.2. The summed E-state index contributed by atoms with van der Waals surface area (Å²) in [6, 6.07) is 14.2. The highest BCUT2D eigenvalue weighted by molar-refractivity contribution is 8.26. The molecule has 0 atom stereocenters. The molecule has 0 unspecified atom stereocenters. The Morgan fingerprint density at radius 3 is 1.93 bits per heavy atom. The van der Waals surface area contributed by atoms with Crippen LogP contribution in [0, 0.1) is 0 Å². The Morgan fingerprint density at radius 1 is 0.933 bits per heavy atom. The summed E-state index contributed by atoms with van der Waals surface area (Å²) in [7, 11) is 0. The fourth-order valence-corrected chi connectivity index (χ4v) is 3.73. The van der Waals surface area contributed by atoms with Crippen LogP contribution in [0.3, 0.4) is 0 Å². The van der Waals surface area contributed by atoms with Gasteiger partial charge in [0.1, 0.15) is 0 Å². The number of thiocarbonyl (C=S) groups is 1. The van der Waals surface area contributed by atoms with Crippen molar-refractivity contribution in [1.29, 1.82) is 0 Å². The molecule has 0 aromatic heterocycles. The zero-order valence-electron chi connectivity index (χ0n) is 16.2. The fraction of sp³-hybridized carbons (Fsp3) is 0.0952. The molecule has 0 radical (unpaired) electrons. The second-order valence-electron chi connectivity index (χ2n) is 6.34. The molecule has 0 saturated carbocycles. The number of thioether (sulfide) groups is 1. The predicted octanol–water partition coefficient (Wildman–Crippen LogP) is 3.84. The van der Waals surface area contributed by atoms with Gasteiger partial charge in [-0.2, -0.15) is 10.1 Å². The molecular weight excluding hydrogens is 420 g/mol. The van der Waals surface area contributed by atoms with Crippen molar-refractivity contribution in [3.63, 3.8) is 0 Å². The molecule has 1 aliphatic rings. The van der Waals surface area contributed by atoms with Crippen molar-refractivity contribution in [2.75, 3.05) is 10.6 Å². The number of amides is 3. The molecule has 0 spiro atoms. The van der Waals surface area contributed by atoms with E-state index in [0.717, 1.165) is 11.1 Å². The maximum atomic E-state index is 12.7. The Morgan fingerprint density at radius 2 is 1.43 bits per heavy atom. The summed E-state index contributed by atoms with van der Waals surface area (Å²) < 4.78 is 0.340. The highest BCUT2D eigenvalue weighted by Crippen LogP contribution is 2.32. The second kappa shape index (κ2) is 9.47. The van der Waals surface area contributed by atoms with Crippen molar-refractivity contribution >= 4 is 69.7 Å². The van der Waals surface area contributed by atoms with Gasteiger partial charge in [0.25, 0.3) is 5.91 Å². The van der Waals surface area contributed by atoms with Gasteiger partial charge >= 0.3 is 0 Å². The van der Waals surface area contributed by atoms with E-state index in [2.05, 4.69) is 15.7 Å². The summed E-state index contributed by atoms with van der Waals surface area (Å²) in [5.41, 5.74) is 2.93. The summed E-state index contributed by atoms with van der Waals surface area (Å²) in [5, 5.41) is 10.8. The van der Waals surface area contributed by atoms with E-state index in [1.165, 1.54) is 36.8 Å². The van der Waals surface area contributed by atoms with Gasteiger partial charge in [0.15, 0.2) is 4.32 Å². The third-order valence-electron chi connectivity index (χ3n) is 3.86. The number of benzene rings is 2. The number of anilines is 2. The largest absolute Gasteiger partial charge is 0.326 e. The van der Waals surface area contributed by atoms with Crippen molar-refractivity contribution in [3.8, 4) is 0 Å². The maximum Gasteiger partial charge on any atom is 0.286 e. The van der Waals surface area contributed by atoms with Crippen LogP contribution in [-0.4, -0.2) is 33.3 Å². The lowest BCUT2D eigenvalue weighted by Crippen LogP contribution is -2.22. The van der Waals surface area contributed by atoms with Crippen LogP contribution in [0.1, 0.15) is 25.0 Å². The van der Waals surface area contributed by atoms with Gasteiger partial charge in [0.2, 0.25) is 11.8 Å². The van der Waals surface area contributed by atoms with Crippen LogP contribution < -0.4 is 10.6 Å². The lowest BCUT2D eigenvalue weighted by atomic mass is 10.2. The average molecular weight is 439 g/mol. The van der Waals surface area contributed by atoms with Crippen molar-refractivity contribution in [1.82, 2.24) is 5.01 Å². The molecule has 1 saturated heterocycles. The molecule has 2 N–H and O–H groups in total. The van der Waals surface area contributed by atoms with Gasteiger partial charge in [-0.3, -0.25) is 14.4 Å². The number of nitrogens with one attached hydrogen (secondary N) is 2. The molecule has 30 heavy (non-hydrogen) atoms. The average Bonchev–Trinajstić information content (AvgIpc) is 2.95. The first-order valence-electron chi connectivity index (χ1n) is 8.89. The van der Waals surface area contributed by atoms with E-state index in [4.69, 9.17) is 12.2 Å². The minimum atomic E-state index is -0.304. The normalized spacial score (nSPS) is 15.1. The van der Waals surface area contributed by atoms with Gasteiger partial charge in [-0.25, -0.2) is 0 Å². The highest BCUT2D eigenvalue weighted by Gasteiger charge is 2.32. The first-order chi connectivity index (χ1) is 14.3. The van der Waals surface area contributed by atoms with E-state index in [0.29, 0.717) is 20.6 Å². The van der Waals surface area contributed by atoms with Crippen LogP contribution in [0.5, 0.6) is 0 Å². The topological polar surface area (TPSA) is 90.9 Å². The summed E-state index contributed by atoms with van der Waals surface area (Å²) in [6.45, 7) is 2.88. The van der Waals surface area contributed by atoms with E-state index < -0.39 is 0 Å². The van der Waals surface area contributed by atoms with Gasteiger partial charge in [0.05, 0.1) is 11.1 Å². The summed E-state index contributed by atoms with van der Waals surface area (Å²) >= 11 is 6.46. The minimum absolute atomic E-state index is 0.147. The SMILES string of the molecule is CC(=O)Nc1ccc(C=NN2C(=O)C(=Cc3ccc(NC(C)=O)cc3)SC2=S)cc1. The maximum absolute atomic E-state index is 12.7. The van der Waals surface area contributed by atoms with Crippen molar-refractivity contribution in [2.45, 2.75) is 13.8 Å². The minimum Gasteiger partial charge on any atom is -0.326 e. The molecule has 0 bridgehead atoms. The van der Waals surface area contributed by atoms with Gasteiger partial charge < -0.3 is 10.6 Å².